The second-order valence-electron chi connectivity index (χ2n) is 5.07. The monoisotopic (exact) mass is 251 g/mol. The van der Waals surface area contributed by atoms with Gasteiger partial charge in [-0.15, -0.1) is 0 Å². The molecule has 18 heavy (non-hydrogen) atoms. The minimum atomic E-state index is -0.258. The van der Waals surface area contributed by atoms with Crippen molar-refractivity contribution in [2.75, 3.05) is 11.9 Å². The fraction of sp³-hybridized carbons (Fsp3) is 0.643. The van der Waals surface area contributed by atoms with Gasteiger partial charge in [0.25, 0.3) is 0 Å². The largest absolute Gasteiger partial charge is 0.354 e. The first-order chi connectivity index (χ1) is 8.74. The van der Waals surface area contributed by atoms with Gasteiger partial charge >= 0.3 is 0 Å². The molecule has 1 aliphatic rings. The van der Waals surface area contributed by atoms with E-state index in [4.69, 9.17) is 5.73 Å². The number of rotatable bonds is 3. The minimum Gasteiger partial charge on any atom is -0.354 e. The topological polar surface area (TPSA) is 42.2 Å². The van der Waals surface area contributed by atoms with E-state index >= 15 is 0 Å². The molecule has 0 unspecified atom stereocenters. The molecule has 2 N–H and O–H groups in total. The summed E-state index contributed by atoms with van der Waals surface area (Å²) >= 11 is 0. The first kappa shape index (κ1) is 13.3. The maximum absolute atomic E-state index is 14.2. The van der Waals surface area contributed by atoms with E-state index in [0.717, 1.165) is 12.8 Å². The smallest absolute Gasteiger partial charge is 0.170 e. The molecule has 1 aliphatic carbocycles. The third-order valence-electron chi connectivity index (χ3n) is 3.88. The van der Waals surface area contributed by atoms with Crippen LogP contribution in [0.2, 0.25) is 0 Å². The molecule has 1 heterocycles. The lowest BCUT2D eigenvalue weighted by Crippen LogP contribution is -2.32. The van der Waals surface area contributed by atoms with E-state index in [1.54, 1.807) is 12.3 Å². The average Bonchev–Trinajstić information content (AvgIpc) is 2.67. The van der Waals surface area contributed by atoms with E-state index in [1.165, 1.54) is 25.7 Å². The van der Waals surface area contributed by atoms with Crippen LogP contribution in [0.4, 0.5) is 10.2 Å². The third-order valence-corrected chi connectivity index (χ3v) is 3.88. The zero-order valence-electron chi connectivity index (χ0n) is 11.0. The van der Waals surface area contributed by atoms with Crippen molar-refractivity contribution in [3.63, 3.8) is 0 Å². The van der Waals surface area contributed by atoms with Crippen LogP contribution in [-0.4, -0.2) is 18.1 Å². The summed E-state index contributed by atoms with van der Waals surface area (Å²) in [7, 11) is 1.95. The molecule has 100 valence electrons. The van der Waals surface area contributed by atoms with E-state index in [2.05, 4.69) is 4.98 Å². The quantitative estimate of drug-likeness (QED) is 0.840. The summed E-state index contributed by atoms with van der Waals surface area (Å²) in [6.07, 6.45) is 8.95. The highest BCUT2D eigenvalue weighted by Crippen LogP contribution is 2.26. The Kier molecular flexibility index (Phi) is 4.53. The lowest BCUT2D eigenvalue weighted by molar-refractivity contribution is 0.528. The van der Waals surface area contributed by atoms with Crippen molar-refractivity contribution >= 4 is 5.82 Å². The molecule has 0 spiro atoms. The summed E-state index contributed by atoms with van der Waals surface area (Å²) in [6.45, 7) is 0.222. The molecule has 1 aromatic heterocycles. The fourth-order valence-electron chi connectivity index (χ4n) is 2.69. The van der Waals surface area contributed by atoms with Gasteiger partial charge in [0.15, 0.2) is 11.6 Å². The van der Waals surface area contributed by atoms with E-state index < -0.39 is 0 Å². The number of pyridine rings is 1. The SMILES string of the molecule is CN(c1nccc(CN)c1F)C1CCCCCC1. The van der Waals surface area contributed by atoms with Gasteiger partial charge in [-0.1, -0.05) is 25.7 Å². The summed E-state index contributed by atoms with van der Waals surface area (Å²) in [5, 5.41) is 0. The number of hydrogen-bond donors (Lipinski definition) is 1. The summed E-state index contributed by atoms with van der Waals surface area (Å²) in [6, 6.07) is 2.06. The number of halogens is 1. The van der Waals surface area contributed by atoms with Gasteiger partial charge in [-0.3, -0.25) is 0 Å². The summed E-state index contributed by atoms with van der Waals surface area (Å²) in [4.78, 5) is 6.19. The van der Waals surface area contributed by atoms with Crippen LogP contribution >= 0.6 is 0 Å². The van der Waals surface area contributed by atoms with Gasteiger partial charge in [0.1, 0.15) is 0 Å². The highest BCUT2D eigenvalue weighted by molar-refractivity contribution is 5.43. The second kappa shape index (κ2) is 6.14. The number of aromatic nitrogens is 1. The lowest BCUT2D eigenvalue weighted by Gasteiger charge is -2.28. The van der Waals surface area contributed by atoms with Crippen LogP contribution in [0.25, 0.3) is 0 Å². The van der Waals surface area contributed by atoms with Crippen molar-refractivity contribution in [2.24, 2.45) is 5.73 Å². The van der Waals surface area contributed by atoms with Crippen molar-refractivity contribution in [1.29, 1.82) is 0 Å². The number of anilines is 1. The predicted octanol–water partition coefficient (Wildman–Crippen LogP) is 2.84. The number of hydrogen-bond acceptors (Lipinski definition) is 3. The van der Waals surface area contributed by atoms with Gasteiger partial charge < -0.3 is 10.6 Å². The maximum Gasteiger partial charge on any atom is 0.170 e. The summed E-state index contributed by atoms with van der Waals surface area (Å²) in [5.74, 6) is 0.191. The van der Waals surface area contributed by atoms with E-state index in [1.807, 2.05) is 11.9 Å². The van der Waals surface area contributed by atoms with Crippen LogP contribution in [0, 0.1) is 5.82 Å². The average molecular weight is 251 g/mol. The van der Waals surface area contributed by atoms with Gasteiger partial charge in [0.05, 0.1) is 0 Å². The van der Waals surface area contributed by atoms with Crippen LogP contribution in [0.15, 0.2) is 12.3 Å². The van der Waals surface area contributed by atoms with Crippen LogP contribution in [0.5, 0.6) is 0 Å². The first-order valence-electron chi connectivity index (χ1n) is 6.80. The summed E-state index contributed by atoms with van der Waals surface area (Å²) < 4.78 is 14.2. The number of nitrogens with zero attached hydrogens (tertiary/aromatic N) is 2. The molecule has 0 atom stereocenters. The molecule has 1 aromatic rings. The molecular formula is C14H22FN3. The predicted molar refractivity (Wildman–Crippen MR) is 72.0 cm³/mol. The van der Waals surface area contributed by atoms with Crippen molar-refractivity contribution in [2.45, 2.75) is 51.1 Å². The third kappa shape index (κ3) is 2.80. The Bertz CT molecular complexity index is 387. The van der Waals surface area contributed by atoms with E-state index in [-0.39, 0.29) is 12.4 Å². The Balaban J connectivity index is 2.19. The Hall–Kier alpha value is -1.16. The fourth-order valence-corrected chi connectivity index (χ4v) is 2.69. The van der Waals surface area contributed by atoms with Gasteiger partial charge in [0.2, 0.25) is 0 Å². The molecule has 1 fully saturated rings. The van der Waals surface area contributed by atoms with Gasteiger partial charge in [-0.05, 0) is 18.9 Å². The molecule has 4 heteroatoms. The Labute approximate surface area is 108 Å². The molecule has 2 rings (SSSR count). The molecule has 0 amide bonds. The molecule has 3 nitrogen and oxygen atoms in total. The van der Waals surface area contributed by atoms with Crippen molar-refractivity contribution in [1.82, 2.24) is 4.98 Å². The summed E-state index contributed by atoms with van der Waals surface area (Å²) in [5.41, 5.74) is 6.08. The maximum atomic E-state index is 14.2. The van der Waals surface area contributed by atoms with Crippen molar-refractivity contribution in [3.05, 3.63) is 23.6 Å². The van der Waals surface area contributed by atoms with Crippen LogP contribution in [0.1, 0.15) is 44.1 Å². The van der Waals surface area contributed by atoms with Crippen molar-refractivity contribution in [3.8, 4) is 0 Å². The number of nitrogens with two attached hydrogens (primary N) is 1. The van der Waals surface area contributed by atoms with Gasteiger partial charge in [-0.2, -0.15) is 0 Å². The molecule has 0 bridgehead atoms. The minimum absolute atomic E-state index is 0.222. The molecular weight excluding hydrogens is 229 g/mol. The van der Waals surface area contributed by atoms with Crippen molar-refractivity contribution < 1.29 is 4.39 Å². The Morgan fingerprint density at radius 3 is 2.61 bits per heavy atom. The molecule has 1 saturated carbocycles. The molecule has 0 aliphatic heterocycles. The second-order valence-corrected chi connectivity index (χ2v) is 5.07. The van der Waals surface area contributed by atoms with Crippen LogP contribution < -0.4 is 10.6 Å². The molecule has 0 aromatic carbocycles. The zero-order valence-corrected chi connectivity index (χ0v) is 11.0. The van der Waals surface area contributed by atoms with E-state index in [0.29, 0.717) is 17.4 Å². The molecule has 0 radical (unpaired) electrons. The van der Waals surface area contributed by atoms with Crippen LogP contribution in [-0.2, 0) is 6.54 Å². The first-order valence-corrected chi connectivity index (χ1v) is 6.80. The normalized spacial score (nSPS) is 17.5. The van der Waals surface area contributed by atoms with Gasteiger partial charge in [-0.25, -0.2) is 9.37 Å². The Morgan fingerprint density at radius 2 is 2.00 bits per heavy atom. The Morgan fingerprint density at radius 1 is 1.33 bits per heavy atom. The zero-order chi connectivity index (χ0) is 13.0. The lowest BCUT2D eigenvalue weighted by atomic mass is 10.1. The van der Waals surface area contributed by atoms with Gasteiger partial charge in [0, 0.05) is 31.4 Å². The highest BCUT2D eigenvalue weighted by atomic mass is 19.1. The highest BCUT2D eigenvalue weighted by Gasteiger charge is 2.21. The van der Waals surface area contributed by atoms with Crippen LogP contribution in [0.3, 0.4) is 0 Å². The van der Waals surface area contributed by atoms with E-state index in [9.17, 15) is 4.39 Å². The molecule has 0 saturated heterocycles. The standard InChI is InChI=1S/C14H22FN3/c1-18(12-6-4-2-3-5-7-12)14-13(15)11(10-16)8-9-17-14/h8-9,12H,2-7,10,16H2,1H3.